The van der Waals surface area contributed by atoms with Gasteiger partial charge in [-0.3, -0.25) is 0 Å². The molecule has 6 nitrogen and oxygen atoms in total. The summed E-state index contributed by atoms with van der Waals surface area (Å²) in [7, 11) is 0. The zero-order chi connectivity index (χ0) is 15.9. The quantitative estimate of drug-likeness (QED) is 0.678. The highest BCUT2D eigenvalue weighted by molar-refractivity contribution is 6.33. The Kier molecular flexibility index (Phi) is 4.95. The van der Waals surface area contributed by atoms with Gasteiger partial charge in [0.2, 0.25) is 5.95 Å². The summed E-state index contributed by atoms with van der Waals surface area (Å²) >= 11 is 6.27. The van der Waals surface area contributed by atoms with Crippen molar-refractivity contribution in [2.45, 2.75) is 0 Å². The van der Waals surface area contributed by atoms with Crippen molar-refractivity contribution in [1.82, 2.24) is 20.2 Å². The second-order valence-corrected chi connectivity index (χ2v) is 5.13. The van der Waals surface area contributed by atoms with E-state index in [0.29, 0.717) is 29.9 Å². The molecule has 7 heteroatoms. The first-order valence-corrected chi connectivity index (χ1v) is 7.54. The van der Waals surface area contributed by atoms with Crippen LogP contribution in [-0.4, -0.2) is 33.3 Å². The lowest BCUT2D eigenvalue weighted by atomic mass is 10.1. The molecule has 1 aromatic carbocycles. The van der Waals surface area contributed by atoms with Crippen LogP contribution in [0.15, 0.2) is 54.9 Å². The molecule has 0 spiro atoms. The van der Waals surface area contributed by atoms with Gasteiger partial charge >= 0.3 is 0 Å². The fourth-order valence-electron chi connectivity index (χ4n) is 1.98. The molecular formula is C16H15ClN6. The molecule has 116 valence electrons. The van der Waals surface area contributed by atoms with Crippen LogP contribution in [-0.2, 0) is 0 Å². The molecule has 0 saturated heterocycles. The maximum absolute atomic E-state index is 6.27. The normalized spacial score (nSPS) is 10.3. The number of rotatable bonds is 6. The smallest absolute Gasteiger partial charge is 0.222 e. The van der Waals surface area contributed by atoms with Crippen LogP contribution in [0.5, 0.6) is 0 Å². The number of aromatic nitrogens is 4. The van der Waals surface area contributed by atoms with E-state index in [1.807, 2.05) is 30.3 Å². The molecule has 0 aliphatic rings. The zero-order valence-electron chi connectivity index (χ0n) is 12.3. The fraction of sp³-hybridized carbons (Fsp3) is 0.125. The molecule has 0 amide bonds. The zero-order valence-corrected chi connectivity index (χ0v) is 13.0. The topological polar surface area (TPSA) is 75.6 Å². The summed E-state index contributed by atoms with van der Waals surface area (Å²) < 4.78 is 0. The van der Waals surface area contributed by atoms with Crippen LogP contribution in [0.3, 0.4) is 0 Å². The van der Waals surface area contributed by atoms with Gasteiger partial charge in [0.15, 0.2) is 5.82 Å². The fourth-order valence-corrected chi connectivity index (χ4v) is 2.19. The van der Waals surface area contributed by atoms with Crippen LogP contribution >= 0.6 is 11.6 Å². The van der Waals surface area contributed by atoms with Crippen LogP contribution in [0.1, 0.15) is 0 Å². The lowest BCUT2D eigenvalue weighted by molar-refractivity contribution is 0.982. The predicted molar refractivity (Wildman–Crippen MR) is 91.5 cm³/mol. The lowest BCUT2D eigenvalue weighted by Crippen LogP contribution is -2.16. The monoisotopic (exact) mass is 326 g/mol. The Hall–Kier alpha value is -2.73. The molecule has 0 aliphatic heterocycles. The van der Waals surface area contributed by atoms with Crippen molar-refractivity contribution in [1.29, 1.82) is 0 Å². The van der Waals surface area contributed by atoms with E-state index in [2.05, 4.69) is 30.8 Å². The molecule has 0 aliphatic carbocycles. The van der Waals surface area contributed by atoms with E-state index in [9.17, 15) is 0 Å². The largest absolute Gasteiger partial charge is 0.366 e. The summed E-state index contributed by atoms with van der Waals surface area (Å²) in [5, 5.41) is 15.1. The third kappa shape index (κ3) is 4.14. The first-order valence-electron chi connectivity index (χ1n) is 7.16. The van der Waals surface area contributed by atoms with E-state index < -0.39 is 0 Å². The maximum Gasteiger partial charge on any atom is 0.222 e. The van der Waals surface area contributed by atoms with Gasteiger partial charge in [0.1, 0.15) is 0 Å². The van der Waals surface area contributed by atoms with Gasteiger partial charge in [-0.05, 0) is 12.1 Å². The Morgan fingerprint density at radius 2 is 1.61 bits per heavy atom. The van der Waals surface area contributed by atoms with Crippen molar-refractivity contribution in [2.24, 2.45) is 0 Å². The van der Waals surface area contributed by atoms with Gasteiger partial charge in [0.05, 0.1) is 10.7 Å². The van der Waals surface area contributed by atoms with Gasteiger partial charge < -0.3 is 10.6 Å². The minimum atomic E-state index is 0.537. The van der Waals surface area contributed by atoms with E-state index in [1.165, 1.54) is 0 Å². The standard InChI is InChI=1S/C16H15ClN6/c17-13-11-14(12-5-2-1-3-6-12)22-23-15(13)18-9-10-21-16-19-7-4-8-20-16/h1-8,11H,9-10H2,(H,18,23)(H,19,20,21). The SMILES string of the molecule is Clc1cc(-c2ccccc2)nnc1NCCNc1ncccn1. The van der Waals surface area contributed by atoms with Crippen LogP contribution in [0, 0.1) is 0 Å². The van der Waals surface area contributed by atoms with Crippen LogP contribution in [0.2, 0.25) is 5.02 Å². The van der Waals surface area contributed by atoms with E-state index in [4.69, 9.17) is 11.6 Å². The summed E-state index contributed by atoms with van der Waals surface area (Å²) in [4.78, 5) is 8.16. The molecule has 0 fully saturated rings. The minimum absolute atomic E-state index is 0.537. The van der Waals surface area contributed by atoms with Crippen molar-refractivity contribution >= 4 is 23.4 Å². The molecular weight excluding hydrogens is 312 g/mol. The predicted octanol–water partition coefficient (Wildman–Crippen LogP) is 3.11. The van der Waals surface area contributed by atoms with Gasteiger partial charge in [0.25, 0.3) is 0 Å². The summed E-state index contributed by atoms with van der Waals surface area (Å²) in [5.41, 5.74) is 1.73. The Labute approximate surface area is 139 Å². The highest BCUT2D eigenvalue weighted by Crippen LogP contribution is 2.24. The Morgan fingerprint density at radius 1 is 0.870 bits per heavy atom. The number of anilines is 2. The van der Waals surface area contributed by atoms with Crippen molar-refractivity contribution in [3.05, 3.63) is 59.9 Å². The third-order valence-corrected chi connectivity index (χ3v) is 3.37. The van der Waals surface area contributed by atoms with Crippen LogP contribution in [0.4, 0.5) is 11.8 Å². The highest BCUT2D eigenvalue weighted by atomic mass is 35.5. The molecule has 3 aromatic rings. The summed E-state index contributed by atoms with van der Waals surface area (Å²) in [6, 6.07) is 13.4. The average molecular weight is 327 g/mol. The number of halogens is 1. The Bertz CT molecular complexity index is 751. The third-order valence-electron chi connectivity index (χ3n) is 3.08. The number of benzene rings is 1. The second-order valence-electron chi connectivity index (χ2n) is 4.72. The van der Waals surface area contributed by atoms with Crippen molar-refractivity contribution in [3.63, 3.8) is 0 Å². The molecule has 0 bridgehead atoms. The average Bonchev–Trinajstić information content (AvgIpc) is 2.61. The maximum atomic E-state index is 6.27. The molecule has 3 rings (SSSR count). The van der Waals surface area contributed by atoms with Crippen LogP contribution in [0.25, 0.3) is 11.3 Å². The molecule has 0 atom stereocenters. The van der Waals surface area contributed by atoms with Crippen LogP contribution < -0.4 is 10.6 Å². The summed E-state index contributed by atoms with van der Waals surface area (Å²) in [6.07, 6.45) is 3.38. The Morgan fingerprint density at radius 3 is 2.35 bits per heavy atom. The second kappa shape index (κ2) is 7.51. The molecule has 2 heterocycles. The number of hydrogen-bond acceptors (Lipinski definition) is 6. The molecule has 0 unspecified atom stereocenters. The van der Waals surface area contributed by atoms with Gasteiger partial charge in [-0.15, -0.1) is 10.2 Å². The molecule has 2 N–H and O–H groups in total. The molecule has 0 saturated carbocycles. The van der Waals surface area contributed by atoms with Crippen molar-refractivity contribution in [2.75, 3.05) is 23.7 Å². The molecule has 23 heavy (non-hydrogen) atoms. The van der Waals surface area contributed by atoms with Gasteiger partial charge in [-0.25, -0.2) is 9.97 Å². The summed E-state index contributed by atoms with van der Waals surface area (Å²) in [5.74, 6) is 1.15. The number of nitrogens with zero attached hydrogens (tertiary/aromatic N) is 4. The molecule has 0 radical (unpaired) electrons. The van der Waals surface area contributed by atoms with E-state index >= 15 is 0 Å². The lowest BCUT2D eigenvalue weighted by Gasteiger charge is -2.09. The first kappa shape index (κ1) is 15.2. The van der Waals surface area contributed by atoms with Gasteiger partial charge in [0, 0.05) is 31.0 Å². The van der Waals surface area contributed by atoms with Gasteiger partial charge in [-0.2, -0.15) is 0 Å². The molecule has 2 aromatic heterocycles. The van der Waals surface area contributed by atoms with E-state index in [0.717, 1.165) is 11.3 Å². The number of nitrogens with one attached hydrogen (secondary N) is 2. The van der Waals surface area contributed by atoms with Gasteiger partial charge in [-0.1, -0.05) is 41.9 Å². The van der Waals surface area contributed by atoms with Crippen molar-refractivity contribution < 1.29 is 0 Å². The van der Waals surface area contributed by atoms with E-state index in [-0.39, 0.29) is 0 Å². The van der Waals surface area contributed by atoms with Crippen molar-refractivity contribution in [3.8, 4) is 11.3 Å². The minimum Gasteiger partial charge on any atom is -0.366 e. The highest BCUT2D eigenvalue weighted by Gasteiger charge is 2.06. The first-order chi connectivity index (χ1) is 11.3. The van der Waals surface area contributed by atoms with E-state index in [1.54, 1.807) is 24.5 Å². The Balaban J connectivity index is 1.56. The number of hydrogen-bond donors (Lipinski definition) is 2. The summed E-state index contributed by atoms with van der Waals surface area (Å²) in [6.45, 7) is 1.26.